The van der Waals surface area contributed by atoms with Gasteiger partial charge in [0.15, 0.2) is 5.82 Å². The van der Waals surface area contributed by atoms with Gasteiger partial charge in [0.05, 0.1) is 11.4 Å². The van der Waals surface area contributed by atoms with E-state index in [1.165, 1.54) is 0 Å². The Hall–Kier alpha value is -2.56. The van der Waals surface area contributed by atoms with Crippen molar-refractivity contribution in [1.82, 2.24) is 10.2 Å². The molecule has 2 heterocycles. The molecule has 0 bridgehead atoms. The van der Waals surface area contributed by atoms with Gasteiger partial charge in [-0.05, 0) is 24.6 Å². The number of anilines is 2. The van der Waals surface area contributed by atoms with Crippen LogP contribution in [0, 0.1) is 0 Å². The van der Waals surface area contributed by atoms with Crippen molar-refractivity contribution < 1.29 is 5.11 Å². The maximum atomic E-state index is 9.91. The fourth-order valence-electron chi connectivity index (χ4n) is 2.33. The van der Waals surface area contributed by atoms with Gasteiger partial charge in [0.2, 0.25) is 0 Å². The van der Waals surface area contributed by atoms with Gasteiger partial charge in [0.1, 0.15) is 5.75 Å². The van der Waals surface area contributed by atoms with Crippen LogP contribution in [-0.4, -0.2) is 28.4 Å². The quantitative estimate of drug-likeness (QED) is 0.817. The highest BCUT2D eigenvalue weighted by atomic mass is 16.3. The highest BCUT2D eigenvalue weighted by Gasteiger charge is 2.15. The van der Waals surface area contributed by atoms with Gasteiger partial charge < -0.3 is 15.7 Å². The second kappa shape index (κ2) is 5.21. The molecule has 0 saturated carbocycles. The summed E-state index contributed by atoms with van der Waals surface area (Å²) in [6.45, 7) is 1.72. The van der Waals surface area contributed by atoms with E-state index in [4.69, 9.17) is 5.73 Å². The first-order valence-electron chi connectivity index (χ1n) is 6.57. The molecule has 0 fully saturated rings. The third-order valence-corrected chi connectivity index (χ3v) is 3.38. The molecule has 0 atom stereocenters. The molecule has 0 aliphatic carbocycles. The first-order chi connectivity index (χ1) is 9.75. The Morgan fingerprint density at radius 2 is 2.00 bits per heavy atom. The molecular weight excluding hydrogens is 252 g/mol. The van der Waals surface area contributed by atoms with Gasteiger partial charge in [-0.3, -0.25) is 0 Å². The normalized spacial score (nSPS) is 14.5. The lowest BCUT2D eigenvalue weighted by molar-refractivity contribution is 0.477. The summed E-state index contributed by atoms with van der Waals surface area (Å²) in [5.41, 5.74) is 8.09. The van der Waals surface area contributed by atoms with E-state index in [1.807, 2.05) is 18.2 Å². The predicted octanol–water partition coefficient (Wildman–Crippen LogP) is 2.20. The van der Waals surface area contributed by atoms with Crippen molar-refractivity contribution in [1.29, 1.82) is 0 Å². The Morgan fingerprint density at radius 1 is 1.15 bits per heavy atom. The van der Waals surface area contributed by atoms with Gasteiger partial charge in [-0.2, -0.15) is 0 Å². The van der Waals surface area contributed by atoms with E-state index in [2.05, 4.69) is 27.2 Å². The number of hydrogen-bond donors (Lipinski definition) is 2. The Kier molecular flexibility index (Phi) is 3.25. The zero-order valence-corrected chi connectivity index (χ0v) is 11.0. The van der Waals surface area contributed by atoms with Gasteiger partial charge in [0, 0.05) is 18.7 Å². The molecule has 1 aliphatic heterocycles. The summed E-state index contributed by atoms with van der Waals surface area (Å²) in [5, 5.41) is 18.0. The number of phenolic OH excluding ortho intramolecular Hbond substituents is 1. The highest BCUT2D eigenvalue weighted by molar-refractivity contribution is 5.74. The monoisotopic (exact) mass is 268 g/mol. The first-order valence-corrected chi connectivity index (χ1v) is 6.57. The fourth-order valence-corrected chi connectivity index (χ4v) is 2.33. The van der Waals surface area contributed by atoms with Crippen molar-refractivity contribution in [2.75, 3.05) is 23.7 Å². The molecule has 1 aliphatic rings. The van der Waals surface area contributed by atoms with Crippen LogP contribution in [0.25, 0.3) is 11.3 Å². The number of aromatic nitrogens is 2. The second-order valence-electron chi connectivity index (χ2n) is 4.72. The molecule has 1 aromatic carbocycles. The Balaban J connectivity index is 2.02. The molecule has 102 valence electrons. The molecule has 0 spiro atoms. The number of nitrogen functional groups attached to an aromatic ring is 1. The SMILES string of the molecule is Nc1nnc(-c2ccccc2O)cc1N1CC=CCC1. The smallest absolute Gasteiger partial charge is 0.169 e. The van der Waals surface area contributed by atoms with Crippen molar-refractivity contribution >= 4 is 11.5 Å². The molecule has 20 heavy (non-hydrogen) atoms. The summed E-state index contributed by atoms with van der Waals surface area (Å²) in [6, 6.07) is 8.97. The van der Waals surface area contributed by atoms with Crippen LogP contribution in [0.5, 0.6) is 5.75 Å². The van der Waals surface area contributed by atoms with Gasteiger partial charge >= 0.3 is 0 Å². The van der Waals surface area contributed by atoms with E-state index in [1.54, 1.807) is 12.1 Å². The van der Waals surface area contributed by atoms with Crippen molar-refractivity contribution in [3.8, 4) is 17.0 Å². The Labute approximate surface area is 117 Å². The minimum Gasteiger partial charge on any atom is -0.507 e. The van der Waals surface area contributed by atoms with Gasteiger partial charge in [-0.1, -0.05) is 24.3 Å². The van der Waals surface area contributed by atoms with E-state index < -0.39 is 0 Å². The van der Waals surface area contributed by atoms with Crippen molar-refractivity contribution in [2.24, 2.45) is 0 Å². The first kappa shape index (κ1) is 12.5. The summed E-state index contributed by atoms with van der Waals surface area (Å²) >= 11 is 0. The number of rotatable bonds is 2. The number of phenols is 1. The molecule has 1 aromatic heterocycles. The topological polar surface area (TPSA) is 75.3 Å². The van der Waals surface area contributed by atoms with Gasteiger partial charge in [-0.15, -0.1) is 10.2 Å². The maximum Gasteiger partial charge on any atom is 0.169 e. The standard InChI is InChI=1S/C15H16N4O/c16-15-13(19-8-4-1-5-9-19)10-12(17-18-15)11-6-2-3-7-14(11)20/h1-4,6-7,10,20H,5,8-9H2,(H2,16,18). The van der Waals surface area contributed by atoms with Crippen LogP contribution in [-0.2, 0) is 0 Å². The van der Waals surface area contributed by atoms with Crippen LogP contribution < -0.4 is 10.6 Å². The van der Waals surface area contributed by atoms with E-state index in [9.17, 15) is 5.11 Å². The van der Waals surface area contributed by atoms with Crippen molar-refractivity contribution in [2.45, 2.75) is 6.42 Å². The van der Waals surface area contributed by atoms with Crippen LogP contribution in [0.2, 0.25) is 0 Å². The van der Waals surface area contributed by atoms with Crippen LogP contribution >= 0.6 is 0 Å². The second-order valence-corrected chi connectivity index (χ2v) is 4.72. The summed E-state index contributed by atoms with van der Waals surface area (Å²) in [6.07, 6.45) is 5.27. The third kappa shape index (κ3) is 2.30. The van der Waals surface area contributed by atoms with E-state index in [0.717, 1.165) is 25.2 Å². The average Bonchev–Trinajstić information content (AvgIpc) is 2.49. The minimum atomic E-state index is 0.191. The van der Waals surface area contributed by atoms with Crippen LogP contribution in [0.3, 0.4) is 0 Å². The summed E-state index contributed by atoms with van der Waals surface area (Å²) < 4.78 is 0. The van der Waals surface area contributed by atoms with Crippen LogP contribution in [0.15, 0.2) is 42.5 Å². The van der Waals surface area contributed by atoms with Crippen LogP contribution in [0.4, 0.5) is 11.5 Å². The van der Waals surface area contributed by atoms with E-state index in [0.29, 0.717) is 17.1 Å². The van der Waals surface area contributed by atoms with E-state index in [-0.39, 0.29) is 5.75 Å². The molecular formula is C15H16N4O. The Morgan fingerprint density at radius 3 is 2.75 bits per heavy atom. The number of nitrogens with two attached hydrogens (primary N) is 1. The molecule has 0 unspecified atom stereocenters. The third-order valence-electron chi connectivity index (χ3n) is 3.38. The largest absolute Gasteiger partial charge is 0.507 e. The lowest BCUT2D eigenvalue weighted by Crippen LogP contribution is -2.28. The lowest BCUT2D eigenvalue weighted by Gasteiger charge is -2.26. The summed E-state index contributed by atoms with van der Waals surface area (Å²) in [7, 11) is 0. The molecule has 0 amide bonds. The number of nitrogens with zero attached hydrogens (tertiary/aromatic N) is 3. The molecule has 0 saturated heterocycles. The number of para-hydroxylation sites is 1. The molecule has 3 rings (SSSR count). The van der Waals surface area contributed by atoms with Crippen molar-refractivity contribution in [3.05, 3.63) is 42.5 Å². The number of benzene rings is 1. The summed E-state index contributed by atoms with van der Waals surface area (Å²) in [5.74, 6) is 0.607. The van der Waals surface area contributed by atoms with E-state index >= 15 is 0 Å². The van der Waals surface area contributed by atoms with Gasteiger partial charge in [-0.25, -0.2) is 0 Å². The number of aromatic hydroxyl groups is 1. The maximum absolute atomic E-state index is 9.91. The average molecular weight is 268 g/mol. The zero-order valence-electron chi connectivity index (χ0n) is 11.0. The van der Waals surface area contributed by atoms with Crippen LogP contribution in [0.1, 0.15) is 6.42 Å². The molecule has 0 radical (unpaired) electrons. The Bertz CT molecular complexity index is 654. The fraction of sp³-hybridized carbons (Fsp3) is 0.200. The highest BCUT2D eigenvalue weighted by Crippen LogP contribution is 2.31. The zero-order chi connectivity index (χ0) is 13.9. The molecule has 2 aromatic rings. The molecule has 5 nitrogen and oxygen atoms in total. The molecule has 3 N–H and O–H groups in total. The number of hydrogen-bond acceptors (Lipinski definition) is 5. The van der Waals surface area contributed by atoms with Crippen molar-refractivity contribution in [3.63, 3.8) is 0 Å². The lowest BCUT2D eigenvalue weighted by atomic mass is 10.1. The van der Waals surface area contributed by atoms with Gasteiger partial charge in [0.25, 0.3) is 0 Å². The minimum absolute atomic E-state index is 0.191. The summed E-state index contributed by atoms with van der Waals surface area (Å²) in [4.78, 5) is 2.16. The predicted molar refractivity (Wildman–Crippen MR) is 79.5 cm³/mol. The molecule has 5 heteroatoms.